The number of aromatic amines is 1. The molecule has 17 aromatic rings. The molecule has 97 heavy (non-hydrogen) atoms. The molecule has 3 aromatic heterocycles. The second kappa shape index (κ2) is 21.4. The molecule has 0 aliphatic carbocycles. The molecule has 0 spiro atoms. The first-order valence-electron chi connectivity index (χ1n) is 38.4. The number of hydrogen-bond donors (Lipinski definition) is 1. The fraction of sp³-hybridized carbons (Fsp3) is 0.0870. The average Bonchev–Trinajstić information content (AvgIpc) is 1.57. The van der Waals surface area contributed by atoms with E-state index in [-0.39, 0.29) is 46.1 Å². The van der Waals surface area contributed by atoms with Crippen LogP contribution in [0, 0.1) is 0 Å². The van der Waals surface area contributed by atoms with E-state index >= 15 is 0 Å². The first-order chi connectivity index (χ1) is 51.5. The van der Waals surface area contributed by atoms with E-state index in [0.29, 0.717) is 11.1 Å². The van der Waals surface area contributed by atoms with Crippen molar-refractivity contribution in [2.45, 2.75) is 52.4 Å². The SMILES string of the molecule is [2H]c1c([2H])c([2H])c(-c2ccc3c(c2)N(c2ccc(-c4ccccc4)cc2)c2c4c(cc5[nH]c6c(-c7ccccc7-c7ccccc7-c7ccccc7)cccc6c25)-n2c5ccc(-c6c([2H])c([2H])c([2H])c([2H])c6[2H])cc5c5cc(-n6c7ccc(C(C)(C)C)cc7c7cc(C(C)(C)C)ccc76)cc(c52)B34)c([2H])c1[2H]. The number of para-hydroxylation sites is 1. The number of nitrogens with one attached hydrogen (secondary N) is 1. The van der Waals surface area contributed by atoms with E-state index in [2.05, 4.69) is 249 Å². The Morgan fingerprint density at radius 3 is 1.51 bits per heavy atom. The molecule has 4 nitrogen and oxygen atoms in total. The lowest BCUT2D eigenvalue weighted by Gasteiger charge is -2.41. The average molecular weight is 1250 g/mol. The second-order valence-corrected chi connectivity index (χ2v) is 28.1. The normalized spacial score (nSPS) is 14.2. The number of H-pyrrole nitrogens is 1. The fourth-order valence-corrected chi connectivity index (χ4v) is 15.9. The van der Waals surface area contributed by atoms with E-state index in [1.807, 2.05) is 54.6 Å². The molecule has 2 aliphatic heterocycles. The van der Waals surface area contributed by atoms with Crippen molar-refractivity contribution < 1.29 is 13.7 Å². The molecule has 0 bridgehead atoms. The van der Waals surface area contributed by atoms with Crippen LogP contribution in [0.1, 0.15) is 66.4 Å². The number of aromatic nitrogens is 3. The van der Waals surface area contributed by atoms with Gasteiger partial charge in [0.15, 0.2) is 0 Å². The highest BCUT2D eigenvalue weighted by atomic mass is 15.2. The highest BCUT2D eigenvalue weighted by Gasteiger charge is 2.44. The summed E-state index contributed by atoms with van der Waals surface area (Å²) in [6.45, 7) is 12.9. The zero-order valence-corrected chi connectivity index (χ0v) is 54.5. The third kappa shape index (κ3) is 8.84. The van der Waals surface area contributed by atoms with Crippen LogP contribution in [0.2, 0.25) is 0 Å². The largest absolute Gasteiger partial charge is 0.354 e. The lowest BCUT2D eigenvalue weighted by atomic mass is 9.33. The summed E-state index contributed by atoms with van der Waals surface area (Å²) in [7, 11) is 0. The van der Waals surface area contributed by atoms with Gasteiger partial charge in [-0.2, -0.15) is 0 Å². The predicted molar refractivity (Wildman–Crippen MR) is 414 cm³/mol. The van der Waals surface area contributed by atoms with Gasteiger partial charge in [0.1, 0.15) is 0 Å². The van der Waals surface area contributed by atoms with Crippen molar-refractivity contribution >= 4 is 106 Å². The van der Waals surface area contributed by atoms with Crippen LogP contribution in [-0.4, -0.2) is 20.8 Å². The summed E-state index contributed by atoms with van der Waals surface area (Å²) in [5.41, 5.74) is 24.4. The molecular weight excluding hydrogens is 1170 g/mol. The number of benzene rings is 14. The Morgan fingerprint density at radius 2 is 0.866 bits per heavy atom. The number of fused-ring (bicyclic) bond motifs is 14. The minimum atomic E-state index is -0.551. The Kier molecular flexibility index (Phi) is 10.4. The molecule has 0 amide bonds. The zero-order chi connectivity index (χ0) is 73.7. The molecule has 5 heterocycles. The molecule has 0 atom stereocenters. The topological polar surface area (TPSA) is 28.9 Å². The highest BCUT2D eigenvalue weighted by Crippen LogP contribution is 2.51. The van der Waals surface area contributed by atoms with Crippen molar-refractivity contribution in [3.8, 4) is 78.1 Å². The Morgan fingerprint density at radius 1 is 0.351 bits per heavy atom. The number of anilines is 3. The van der Waals surface area contributed by atoms with Crippen molar-refractivity contribution in [2.24, 2.45) is 0 Å². The highest BCUT2D eigenvalue weighted by molar-refractivity contribution is 7.00. The Balaban J connectivity index is 0.979. The molecular formula is C92H69BN4. The van der Waals surface area contributed by atoms with Crippen molar-refractivity contribution in [3.63, 3.8) is 0 Å². The molecule has 0 fully saturated rings. The third-order valence-electron chi connectivity index (χ3n) is 20.5. The minimum Gasteiger partial charge on any atom is -0.354 e. The second-order valence-electron chi connectivity index (χ2n) is 28.1. The lowest BCUT2D eigenvalue weighted by Crippen LogP contribution is -2.60. The van der Waals surface area contributed by atoms with Crippen LogP contribution in [0.15, 0.2) is 303 Å². The molecule has 0 saturated heterocycles. The minimum absolute atomic E-state index is 0.0887. The van der Waals surface area contributed by atoms with Gasteiger partial charge in [0.2, 0.25) is 0 Å². The number of nitrogens with zero attached hydrogens (tertiary/aromatic N) is 3. The van der Waals surface area contributed by atoms with Gasteiger partial charge < -0.3 is 19.0 Å². The molecule has 460 valence electrons. The van der Waals surface area contributed by atoms with Gasteiger partial charge in [-0.05, 0) is 172 Å². The van der Waals surface area contributed by atoms with Crippen LogP contribution in [0.3, 0.4) is 0 Å². The Labute approximate surface area is 580 Å². The molecule has 0 unspecified atom stereocenters. The van der Waals surface area contributed by atoms with Crippen LogP contribution < -0.4 is 21.3 Å². The number of hydrogen-bond acceptors (Lipinski definition) is 1. The van der Waals surface area contributed by atoms with Crippen LogP contribution in [0.4, 0.5) is 17.1 Å². The summed E-state index contributed by atoms with van der Waals surface area (Å²) in [6.07, 6.45) is 0. The van der Waals surface area contributed by atoms with Gasteiger partial charge in [-0.25, -0.2) is 0 Å². The Hall–Kier alpha value is -11.7. The van der Waals surface area contributed by atoms with Crippen molar-refractivity contribution in [1.29, 1.82) is 0 Å². The molecule has 14 aromatic carbocycles. The summed E-state index contributed by atoms with van der Waals surface area (Å²) in [6, 6.07) is 82.1. The van der Waals surface area contributed by atoms with Crippen molar-refractivity contribution in [1.82, 2.24) is 14.1 Å². The molecule has 2 aliphatic rings. The summed E-state index contributed by atoms with van der Waals surface area (Å²) >= 11 is 0. The van der Waals surface area contributed by atoms with E-state index in [9.17, 15) is 5.48 Å². The molecule has 0 saturated carbocycles. The van der Waals surface area contributed by atoms with E-state index in [1.54, 1.807) is 0 Å². The van der Waals surface area contributed by atoms with Crippen molar-refractivity contribution in [2.75, 3.05) is 4.90 Å². The van der Waals surface area contributed by atoms with Crippen LogP contribution in [-0.2, 0) is 10.8 Å². The molecule has 0 radical (unpaired) electrons. The summed E-state index contributed by atoms with van der Waals surface area (Å²) in [5, 5.41) is 5.84. The summed E-state index contributed by atoms with van der Waals surface area (Å²) < 4.78 is 96.0. The van der Waals surface area contributed by atoms with E-state index in [0.717, 1.165) is 155 Å². The molecule has 19 rings (SSSR count). The number of rotatable bonds is 8. The van der Waals surface area contributed by atoms with Crippen LogP contribution in [0.25, 0.3) is 144 Å². The van der Waals surface area contributed by atoms with Gasteiger partial charge in [0, 0.05) is 66.1 Å². The van der Waals surface area contributed by atoms with E-state index in [1.165, 1.54) is 11.1 Å². The summed E-state index contributed by atoms with van der Waals surface area (Å²) in [5.74, 6) is 0. The molecule has 1 N–H and O–H groups in total. The van der Waals surface area contributed by atoms with Gasteiger partial charge in [0.25, 0.3) is 6.71 Å². The maximum absolute atomic E-state index is 9.54. The predicted octanol–water partition coefficient (Wildman–Crippen LogP) is 22.7. The van der Waals surface area contributed by atoms with Crippen LogP contribution >= 0.6 is 0 Å². The van der Waals surface area contributed by atoms with Gasteiger partial charge in [-0.15, -0.1) is 0 Å². The lowest BCUT2D eigenvalue weighted by molar-refractivity contribution is 0.590. The van der Waals surface area contributed by atoms with Gasteiger partial charge in [0.05, 0.1) is 47.0 Å². The third-order valence-corrected chi connectivity index (χ3v) is 20.5. The zero-order valence-electron chi connectivity index (χ0n) is 64.5. The van der Waals surface area contributed by atoms with Gasteiger partial charge in [-0.1, -0.05) is 272 Å². The first kappa shape index (κ1) is 47.3. The van der Waals surface area contributed by atoms with E-state index < -0.39 is 43.0 Å². The smallest absolute Gasteiger partial charge is 0.252 e. The Bertz CT molecular complexity index is 6590. The quantitative estimate of drug-likeness (QED) is 0.151. The monoisotopic (exact) mass is 1250 g/mol. The first-order valence-corrected chi connectivity index (χ1v) is 33.4. The summed E-state index contributed by atoms with van der Waals surface area (Å²) in [4.78, 5) is 6.47. The van der Waals surface area contributed by atoms with E-state index in [4.69, 9.17) is 8.22 Å². The molecule has 5 heteroatoms. The van der Waals surface area contributed by atoms with Gasteiger partial charge in [-0.3, -0.25) is 0 Å². The van der Waals surface area contributed by atoms with Gasteiger partial charge >= 0.3 is 0 Å². The maximum Gasteiger partial charge on any atom is 0.252 e. The standard InChI is InChI=1S/C92H69BN4/c1-91(2,3)64-42-48-81-75(52-64)76-53-65(92(4,5)6)43-49-82(76)95(81)67-54-77-74-50-62(58-26-13-8-14-27-58)41-47-83(74)97-85-56-80-86(73-37-23-36-72(88(73)94-80)71-35-22-21-34-70(71)69-33-20-19-32-68(69)61-30-17-10-18-31-61)90-87(85)93(79(55-67)89(77)97)78-46-40-63(59-28-15-9-16-29-59)51-84(78)96(90)66-44-38-60(39-45-66)57-24-11-7-12-25-57/h7-56,94H,1-6H3/i8D,9D,13D,14D,15D,16D,26D,27D,28D,29D. The maximum atomic E-state index is 9.54. The van der Waals surface area contributed by atoms with Crippen molar-refractivity contribution in [3.05, 3.63) is 314 Å². The van der Waals surface area contributed by atoms with Crippen LogP contribution in [0.5, 0.6) is 0 Å². The fourth-order valence-electron chi connectivity index (χ4n) is 15.9.